The maximum Gasteiger partial charge on any atom is 0.254 e. The highest BCUT2D eigenvalue weighted by atomic mass is 19.1. The monoisotopic (exact) mass is 383 g/mol. The Morgan fingerprint density at radius 3 is 2.79 bits per heavy atom. The fourth-order valence-corrected chi connectivity index (χ4v) is 4.99. The van der Waals surface area contributed by atoms with E-state index >= 15 is 0 Å². The van der Waals surface area contributed by atoms with E-state index in [1.807, 2.05) is 24.3 Å². The molecule has 0 radical (unpaired) electrons. The first-order valence-electron chi connectivity index (χ1n) is 9.95. The number of carbonyl (C=O) groups is 1. The Bertz CT molecular complexity index is 870. The molecular formula is C23H26FNO3. The van der Waals surface area contributed by atoms with E-state index in [1.54, 1.807) is 24.1 Å². The smallest absolute Gasteiger partial charge is 0.254 e. The van der Waals surface area contributed by atoms with Crippen molar-refractivity contribution in [2.45, 2.75) is 43.7 Å². The number of amides is 1. The van der Waals surface area contributed by atoms with Crippen LogP contribution in [0.5, 0.6) is 5.75 Å². The molecule has 1 aliphatic carbocycles. The standard InChI is InChI=1S/C23H26FNO3/c1-28-20-11-3-2-9-18(20)21-19-10-4-5-12-23(19,27)13-14-25(21)22(26)16-7-6-8-17(24)15-16/h2-3,6-9,11,15,19,21,27H,4-5,10,12-14H2,1H3/t19-,21-,23-/m0/s1. The number of para-hydroxylation sites is 1. The third-order valence-electron chi connectivity index (χ3n) is 6.36. The minimum absolute atomic E-state index is 0.0659. The molecule has 4 nitrogen and oxygen atoms in total. The first-order valence-corrected chi connectivity index (χ1v) is 9.95. The molecule has 2 aliphatic rings. The summed E-state index contributed by atoms with van der Waals surface area (Å²) >= 11 is 0. The Morgan fingerprint density at radius 2 is 2.00 bits per heavy atom. The quantitative estimate of drug-likeness (QED) is 0.858. The van der Waals surface area contributed by atoms with Gasteiger partial charge in [0.2, 0.25) is 0 Å². The summed E-state index contributed by atoms with van der Waals surface area (Å²) in [6.45, 7) is 0.436. The van der Waals surface area contributed by atoms with E-state index in [2.05, 4.69) is 0 Å². The van der Waals surface area contributed by atoms with Crippen LogP contribution in [-0.2, 0) is 0 Å². The molecule has 5 heteroatoms. The van der Waals surface area contributed by atoms with Crippen LogP contribution in [0.3, 0.4) is 0 Å². The maximum absolute atomic E-state index is 13.7. The van der Waals surface area contributed by atoms with Crippen LogP contribution in [0.15, 0.2) is 48.5 Å². The van der Waals surface area contributed by atoms with Crippen LogP contribution in [0.4, 0.5) is 4.39 Å². The lowest BCUT2D eigenvalue weighted by atomic mass is 9.66. The molecule has 28 heavy (non-hydrogen) atoms. The van der Waals surface area contributed by atoms with Gasteiger partial charge in [-0.05, 0) is 43.5 Å². The minimum Gasteiger partial charge on any atom is -0.496 e. The Labute approximate surface area is 164 Å². The minimum atomic E-state index is -0.775. The second-order valence-electron chi connectivity index (χ2n) is 7.90. The number of likely N-dealkylation sites (tertiary alicyclic amines) is 1. The molecule has 0 spiro atoms. The lowest BCUT2D eigenvalue weighted by Crippen LogP contribution is -2.56. The van der Waals surface area contributed by atoms with Crippen molar-refractivity contribution in [3.63, 3.8) is 0 Å². The molecule has 4 rings (SSSR count). The molecule has 2 aromatic rings. The van der Waals surface area contributed by atoms with Gasteiger partial charge in [-0.25, -0.2) is 4.39 Å². The Balaban J connectivity index is 1.79. The van der Waals surface area contributed by atoms with Gasteiger partial charge in [0.05, 0.1) is 18.8 Å². The molecule has 2 fully saturated rings. The van der Waals surface area contributed by atoms with Crippen molar-refractivity contribution in [2.75, 3.05) is 13.7 Å². The van der Waals surface area contributed by atoms with Gasteiger partial charge < -0.3 is 14.7 Å². The predicted molar refractivity (Wildman–Crippen MR) is 105 cm³/mol. The SMILES string of the molecule is COc1ccccc1[C@H]1[C@@H]2CCCC[C@]2(O)CCN1C(=O)c1cccc(F)c1. The van der Waals surface area contributed by atoms with Gasteiger partial charge in [-0.3, -0.25) is 4.79 Å². The summed E-state index contributed by atoms with van der Waals surface area (Å²) in [5.74, 6) is 0.0112. The largest absolute Gasteiger partial charge is 0.496 e. The van der Waals surface area contributed by atoms with Crippen molar-refractivity contribution in [2.24, 2.45) is 5.92 Å². The normalized spacial score (nSPS) is 27.2. The van der Waals surface area contributed by atoms with Crippen molar-refractivity contribution in [3.05, 3.63) is 65.5 Å². The van der Waals surface area contributed by atoms with Gasteiger partial charge in [-0.15, -0.1) is 0 Å². The van der Waals surface area contributed by atoms with Gasteiger partial charge in [0, 0.05) is 23.6 Å². The number of ether oxygens (including phenoxy) is 1. The number of benzene rings is 2. The first-order chi connectivity index (χ1) is 13.5. The van der Waals surface area contributed by atoms with Crippen LogP contribution in [0.2, 0.25) is 0 Å². The third-order valence-corrected chi connectivity index (χ3v) is 6.36. The maximum atomic E-state index is 13.7. The second-order valence-corrected chi connectivity index (χ2v) is 7.90. The number of hydrogen-bond acceptors (Lipinski definition) is 3. The number of hydrogen-bond donors (Lipinski definition) is 1. The van der Waals surface area contributed by atoms with Crippen molar-refractivity contribution < 1.29 is 19.0 Å². The highest BCUT2D eigenvalue weighted by Gasteiger charge is 2.50. The molecule has 1 N–H and O–H groups in total. The van der Waals surface area contributed by atoms with Crippen molar-refractivity contribution >= 4 is 5.91 Å². The molecule has 0 bridgehead atoms. The van der Waals surface area contributed by atoms with E-state index in [4.69, 9.17) is 4.74 Å². The topological polar surface area (TPSA) is 49.8 Å². The number of methoxy groups -OCH3 is 1. The van der Waals surface area contributed by atoms with Gasteiger partial charge in [0.15, 0.2) is 0 Å². The third kappa shape index (κ3) is 3.28. The summed E-state index contributed by atoms with van der Waals surface area (Å²) in [6, 6.07) is 13.2. The Hall–Kier alpha value is -2.40. The first kappa shape index (κ1) is 18.9. The van der Waals surface area contributed by atoms with Crippen LogP contribution in [0.25, 0.3) is 0 Å². The van der Waals surface area contributed by atoms with Crippen molar-refractivity contribution in [1.82, 2.24) is 4.90 Å². The van der Waals surface area contributed by atoms with Crippen LogP contribution in [-0.4, -0.2) is 35.2 Å². The highest BCUT2D eigenvalue weighted by molar-refractivity contribution is 5.94. The number of carbonyl (C=O) groups excluding carboxylic acids is 1. The zero-order valence-electron chi connectivity index (χ0n) is 16.1. The molecular weight excluding hydrogens is 357 g/mol. The van der Waals surface area contributed by atoms with Crippen molar-refractivity contribution in [1.29, 1.82) is 0 Å². The fraction of sp³-hybridized carbons (Fsp3) is 0.435. The van der Waals surface area contributed by atoms with E-state index in [0.29, 0.717) is 24.3 Å². The lowest BCUT2D eigenvalue weighted by molar-refractivity contribution is -0.115. The number of nitrogens with zero attached hydrogens (tertiary/aromatic N) is 1. The molecule has 148 valence electrons. The summed E-state index contributed by atoms with van der Waals surface area (Å²) in [6.07, 6.45) is 4.19. The van der Waals surface area contributed by atoms with Gasteiger partial charge in [-0.2, -0.15) is 0 Å². The second kappa shape index (κ2) is 7.55. The summed E-state index contributed by atoms with van der Waals surface area (Å²) in [5, 5.41) is 11.4. The number of aliphatic hydroxyl groups is 1. The van der Waals surface area contributed by atoms with E-state index in [0.717, 1.165) is 31.2 Å². The number of piperidine rings is 1. The zero-order valence-corrected chi connectivity index (χ0v) is 16.1. The summed E-state index contributed by atoms with van der Waals surface area (Å²) in [4.78, 5) is 15.2. The van der Waals surface area contributed by atoms with E-state index in [1.165, 1.54) is 12.1 Å². The van der Waals surface area contributed by atoms with Crippen LogP contribution >= 0.6 is 0 Å². The van der Waals surface area contributed by atoms with E-state index in [9.17, 15) is 14.3 Å². The molecule has 1 aliphatic heterocycles. The number of halogens is 1. The Kier molecular flexibility index (Phi) is 5.11. The zero-order chi connectivity index (χ0) is 19.7. The number of rotatable bonds is 3. The molecule has 3 atom stereocenters. The molecule has 1 amide bonds. The van der Waals surface area contributed by atoms with Gasteiger partial charge in [-0.1, -0.05) is 37.1 Å². The Morgan fingerprint density at radius 1 is 1.18 bits per heavy atom. The van der Waals surface area contributed by atoms with Crippen LogP contribution in [0.1, 0.15) is 54.1 Å². The van der Waals surface area contributed by atoms with E-state index in [-0.39, 0.29) is 17.9 Å². The van der Waals surface area contributed by atoms with Gasteiger partial charge >= 0.3 is 0 Å². The van der Waals surface area contributed by atoms with E-state index < -0.39 is 11.4 Å². The number of fused-ring (bicyclic) bond motifs is 1. The van der Waals surface area contributed by atoms with Gasteiger partial charge in [0.1, 0.15) is 11.6 Å². The lowest BCUT2D eigenvalue weighted by Gasteiger charge is -2.52. The predicted octanol–water partition coefficient (Wildman–Crippen LogP) is 4.34. The van der Waals surface area contributed by atoms with Crippen LogP contribution < -0.4 is 4.74 Å². The van der Waals surface area contributed by atoms with Crippen molar-refractivity contribution in [3.8, 4) is 5.75 Å². The average Bonchev–Trinajstić information content (AvgIpc) is 2.72. The molecule has 0 aromatic heterocycles. The summed E-state index contributed by atoms with van der Waals surface area (Å²) in [7, 11) is 1.62. The molecule has 0 unspecified atom stereocenters. The average molecular weight is 383 g/mol. The summed E-state index contributed by atoms with van der Waals surface area (Å²) < 4.78 is 19.3. The fourth-order valence-electron chi connectivity index (χ4n) is 4.99. The summed E-state index contributed by atoms with van der Waals surface area (Å²) in [5.41, 5.74) is 0.462. The molecule has 1 saturated carbocycles. The molecule has 2 aromatic carbocycles. The highest BCUT2D eigenvalue weighted by Crippen LogP contribution is 2.51. The molecule has 1 heterocycles. The van der Waals surface area contributed by atoms with Gasteiger partial charge in [0.25, 0.3) is 5.91 Å². The van der Waals surface area contributed by atoms with Crippen LogP contribution in [0, 0.1) is 11.7 Å². The molecule has 1 saturated heterocycles.